The molecule has 0 aromatic heterocycles. The number of aliphatic hydroxyl groups is 1. The first-order chi connectivity index (χ1) is 7.77. The van der Waals surface area contributed by atoms with E-state index in [9.17, 15) is 0 Å². The largest absolute Gasteiger partial charge is 0.390 e. The molecule has 1 aliphatic rings. The molecular weight excluding hydrogens is 208 g/mol. The molecule has 0 spiro atoms. The van der Waals surface area contributed by atoms with Crippen LogP contribution in [-0.2, 0) is 9.47 Å². The minimum Gasteiger partial charge on any atom is -0.390 e. The third-order valence-electron chi connectivity index (χ3n) is 2.20. The first-order valence-corrected chi connectivity index (χ1v) is 5.56. The SMILES string of the molecule is CCOCCCOC1C=CC(CO)=NN1C. The summed E-state index contributed by atoms with van der Waals surface area (Å²) in [6, 6.07) is 0. The third-order valence-corrected chi connectivity index (χ3v) is 2.20. The van der Waals surface area contributed by atoms with Crippen molar-refractivity contribution in [3.63, 3.8) is 0 Å². The number of aliphatic hydroxyl groups excluding tert-OH is 1. The highest BCUT2D eigenvalue weighted by Crippen LogP contribution is 2.08. The van der Waals surface area contributed by atoms with Gasteiger partial charge in [0.05, 0.1) is 18.9 Å². The highest BCUT2D eigenvalue weighted by atomic mass is 16.5. The quantitative estimate of drug-likeness (QED) is 0.648. The first-order valence-electron chi connectivity index (χ1n) is 5.56. The summed E-state index contributed by atoms with van der Waals surface area (Å²) in [7, 11) is 1.83. The monoisotopic (exact) mass is 228 g/mol. The number of likely N-dealkylation sites (N-methyl/N-ethyl adjacent to an activating group) is 1. The Hall–Kier alpha value is -0.910. The lowest BCUT2D eigenvalue weighted by molar-refractivity contribution is -0.0233. The van der Waals surface area contributed by atoms with Gasteiger partial charge in [-0.05, 0) is 25.5 Å². The minimum absolute atomic E-state index is 0.0438. The van der Waals surface area contributed by atoms with E-state index in [-0.39, 0.29) is 12.8 Å². The molecule has 92 valence electrons. The zero-order valence-electron chi connectivity index (χ0n) is 9.93. The summed E-state index contributed by atoms with van der Waals surface area (Å²) in [5.74, 6) is 0. The fraction of sp³-hybridized carbons (Fsp3) is 0.727. The van der Waals surface area contributed by atoms with Crippen LogP contribution in [0.1, 0.15) is 13.3 Å². The number of hydrazone groups is 1. The highest BCUT2D eigenvalue weighted by Gasteiger charge is 2.14. The van der Waals surface area contributed by atoms with Crippen molar-refractivity contribution in [2.24, 2.45) is 5.10 Å². The Morgan fingerprint density at radius 1 is 1.50 bits per heavy atom. The van der Waals surface area contributed by atoms with Crippen LogP contribution in [0.5, 0.6) is 0 Å². The van der Waals surface area contributed by atoms with Gasteiger partial charge in [-0.2, -0.15) is 5.10 Å². The van der Waals surface area contributed by atoms with Crippen LogP contribution in [0, 0.1) is 0 Å². The lowest BCUT2D eigenvalue weighted by Gasteiger charge is -2.26. The second-order valence-corrected chi connectivity index (χ2v) is 3.49. The Bertz CT molecular complexity index is 254. The molecule has 0 radical (unpaired) electrons. The highest BCUT2D eigenvalue weighted by molar-refractivity contribution is 5.96. The summed E-state index contributed by atoms with van der Waals surface area (Å²) in [5, 5.41) is 14.8. The fourth-order valence-corrected chi connectivity index (χ4v) is 1.37. The lowest BCUT2D eigenvalue weighted by atomic mass is 10.3. The molecule has 5 heteroatoms. The molecule has 0 bridgehead atoms. The molecule has 0 aromatic rings. The van der Waals surface area contributed by atoms with Crippen LogP contribution in [0.3, 0.4) is 0 Å². The summed E-state index contributed by atoms with van der Waals surface area (Å²) >= 11 is 0. The Balaban J connectivity index is 2.19. The molecule has 16 heavy (non-hydrogen) atoms. The van der Waals surface area contributed by atoms with E-state index < -0.39 is 0 Å². The van der Waals surface area contributed by atoms with Gasteiger partial charge in [0, 0.05) is 20.3 Å². The van der Waals surface area contributed by atoms with Gasteiger partial charge in [-0.1, -0.05) is 0 Å². The summed E-state index contributed by atoms with van der Waals surface area (Å²) in [6.45, 7) is 4.04. The smallest absolute Gasteiger partial charge is 0.164 e. The molecule has 1 rings (SSSR count). The van der Waals surface area contributed by atoms with E-state index in [1.54, 1.807) is 11.1 Å². The van der Waals surface area contributed by atoms with Crippen molar-refractivity contribution >= 4 is 5.71 Å². The number of nitrogens with zero attached hydrogens (tertiary/aromatic N) is 2. The van der Waals surface area contributed by atoms with E-state index in [4.69, 9.17) is 14.6 Å². The molecular formula is C11H20N2O3. The Morgan fingerprint density at radius 2 is 2.31 bits per heavy atom. The van der Waals surface area contributed by atoms with Crippen molar-refractivity contribution in [2.75, 3.05) is 33.5 Å². The van der Waals surface area contributed by atoms with E-state index in [0.29, 0.717) is 12.3 Å². The van der Waals surface area contributed by atoms with Crippen LogP contribution in [0.25, 0.3) is 0 Å². The summed E-state index contributed by atoms with van der Waals surface area (Å²) < 4.78 is 10.8. The molecule has 1 unspecified atom stereocenters. The van der Waals surface area contributed by atoms with Gasteiger partial charge in [0.1, 0.15) is 0 Å². The second kappa shape index (κ2) is 7.38. The molecule has 0 saturated heterocycles. The van der Waals surface area contributed by atoms with Gasteiger partial charge in [0.2, 0.25) is 0 Å². The van der Waals surface area contributed by atoms with Crippen LogP contribution < -0.4 is 0 Å². The predicted molar refractivity (Wildman–Crippen MR) is 62.3 cm³/mol. The maximum absolute atomic E-state index is 8.90. The lowest BCUT2D eigenvalue weighted by Crippen LogP contribution is -2.33. The number of ether oxygens (including phenoxy) is 2. The Labute approximate surface area is 96.3 Å². The van der Waals surface area contributed by atoms with Gasteiger partial charge < -0.3 is 14.6 Å². The molecule has 0 aliphatic carbocycles. The van der Waals surface area contributed by atoms with Gasteiger partial charge in [0.25, 0.3) is 0 Å². The molecule has 5 nitrogen and oxygen atoms in total. The maximum Gasteiger partial charge on any atom is 0.164 e. The maximum atomic E-state index is 8.90. The van der Waals surface area contributed by atoms with Crippen molar-refractivity contribution in [3.05, 3.63) is 12.2 Å². The molecule has 1 N–H and O–H groups in total. The fourth-order valence-electron chi connectivity index (χ4n) is 1.37. The van der Waals surface area contributed by atoms with Gasteiger partial charge in [-0.25, -0.2) is 0 Å². The van der Waals surface area contributed by atoms with E-state index in [0.717, 1.165) is 19.6 Å². The zero-order chi connectivity index (χ0) is 11.8. The van der Waals surface area contributed by atoms with Crippen molar-refractivity contribution < 1.29 is 14.6 Å². The minimum atomic E-state index is -0.142. The molecule has 0 amide bonds. The van der Waals surface area contributed by atoms with Gasteiger partial charge in [0.15, 0.2) is 6.23 Å². The van der Waals surface area contributed by atoms with E-state index >= 15 is 0 Å². The van der Waals surface area contributed by atoms with Crippen LogP contribution in [0.2, 0.25) is 0 Å². The van der Waals surface area contributed by atoms with Gasteiger partial charge in [-0.15, -0.1) is 0 Å². The Kier molecular flexibility index (Phi) is 6.07. The summed E-state index contributed by atoms with van der Waals surface area (Å²) in [4.78, 5) is 0. The standard InChI is InChI=1S/C11H20N2O3/c1-3-15-7-4-8-16-11-6-5-10(9-14)12-13(11)2/h5-6,11,14H,3-4,7-9H2,1-2H3. The van der Waals surface area contributed by atoms with Crippen molar-refractivity contribution in [3.8, 4) is 0 Å². The average Bonchev–Trinajstić information content (AvgIpc) is 2.30. The van der Waals surface area contributed by atoms with E-state index in [1.165, 1.54) is 0 Å². The first kappa shape index (κ1) is 13.2. The molecule has 0 aromatic carbocycles. The van der Waals surface area contributed by atoms with Crippen molar-refractivity contribution in [2.45, 2.75) is 19.6 Å². The number of rotatable bonds is 7. The number of hydrogen-bond acceptors (Lipinski definition) is 5. The summed E-state index contributed by atoms with van der Waals surface area (Å²) in [6.07, 6.45) is 4.41. The summed E-state index contributed by atoms with van der Waals surface area (Å²) in [5.41, 5.74) is 0.650. The van der Waals surface area contributed by atoms with Crippen LogP contribution in [0.4, 0.5) is 0 Å². The third kappa shape index (κ3) is 4.30. The molecule has 1 heterocycles. The predicted octanol–water partition coefficient (Wildman–Crippen LogP) is 0.606. The van der Waals surface area contributed by atoms with Crippen LogP contribution in [-0.4, -0.2) is 55.5 Å². The van der Waals surface area contributed by atoms with Crippen LogP contribution >= 0.6 is 0 Å². The average molecular weight is 228 g/mol. The molecule has 0 fully saturated rings. The van der Waals surface area contributed by atoms with E-state index in [2.05, 4.69) is 5.10 Å². The molecule has 1 atom stereocenters. The topological polar surface area (TPSA) is 54.3 Å². The van der Waals surface area contributed by atoms with Crippen molar-refractivity contribution in [1.29, 1.82) is 0 Å². The van der Waals surface area contributed by atoms with Crippen molar-refractivity contribution in [1.82, 2.24) is 5.01 Å². The second-order valence-electron chi connectivity index (χ2n) is 3.49. The normalized spacial score (nSPS) is 20.1. The van der Waals surface area contributed by atoms with Gasteiger partial charge in [-0.3, -0.25) is 5.01 Å². The zero-order valence-corrected chi connectivity index (χ0v) is 9.93. The van der Waals surface area contributed by atoms with E-state index in [1.807, 2.05) is 20.0 Å². The molecule has 1 aliphatic heterocycles. The number of hydrogen-bond donors (Lipinski definition) is 1. The van der Waals surface area contributed by atoms with Crippen LogP contribution in [0.15, 0.2) is 17.3 Å². The Morgan fingerprint density at radius 3 is 2.94 bits per heavy atom. The molecule has 0 saturated carbocycles. The van der Waals surface area contributed by atoms with Gasteiger partial charge >= 0.3 is 0 Å².